The van der Waals surface area contributed by atoms with Crippen molar-refractivity contribution in [3.63, 3.8) is 0 Å². The van der Waals surface area contributed by atoms with Crippen LogP contribution in [0.25, 0.3) is 11.3 Å². The van der Waals surface area contributed by atoms with E-state index in [9.17, 15) is 4.79 Å². The summed E-state index contributed by atoms with van der Waals surface area (Å²) in [4.78, 5) is 11.8. The second kappa shape index (κ2) is 7.11. The van der Waals surface area contributed by atoms with Crippen LogP contribution in [0.2, 0.25) is 5.02 Å². The summed E-state index contributed by atoms with van der Waals surface area (Å²) in [7, 11) is 0. The van der Waals surface area contributed by atoms with Gasteiger partial charge in [-0.2, -0.15) is 0 Å². The summed E-state index contributed by atoms with van der Waals surface area (Å²) in [6.45, 7) is 0.0861. The van der Waals surface area contributed by atoms with Crippen molar-refractivity contribution in [2.45, 2.75) is 13.0 Å². The second-order valence-corrected chi connectivity index (χ2v) is 5.45. The Kier molecular flexibility index (Phi) is 4.74. The molecule has 0 aliphatic carbocycles. The van der Waals surface area contributed by atoms with Gasteiger partial charge in [0.05, 0.1) is 6.42 Å². The molecule has 0 amide bonds. The molecule has 5 heteroatoms. The molecule has 0 radical (unpaired) electrons. The fraction of sp³-hybridized carbons (Fsp3) is 0.111. The Morgan fingerprint density at radius 2 is 1.83 bits per heavy atom. The van der Waals surface area contributed by atoms with Gasteiger partial charge in [0.1, 0.15) is 12.3 Å². The number of esters is 1. The standard InChI is InChI=1S/C18H14ClNO3/c19-15-8-6-13(7-9-15)10-18(21)22-12-16-11-17(23-20-16)14-4-2-1-3-5-14/h1-9,11H,10,12H2. The monoisotopic (exact) mass is 327 g/mol. The Labute approximate surface area is 138 Å². The third-order valence-corrected chi connectivity index (χ3v) is 3.51. The first-order valence-electron chi connectivity index (χ1n) is 7.12. The number of aromatic nitrogens is 1. The van der Waals surface area contributed by atoms with Crippen LogP contribution in [0.3, 0.4) is 0 Å². The number of halogens is 1. The van der Waals surface area contributed by atoms with Crippen molar-refractivity contribution in [1.29, 1.82) is 0 Å². The van der Waals surface area contributed by atoms with Gasteiger partial charge in [0.2, 0.25) is 0 Å². The SMILES string of the molecule is O=C(Cc1ccc(Cl)cc1)OCc1cc(-c2ccccc2)on1. The highest BCUT2D eigenvalue weighted by molar-refractivity contribution is 6.30. The first kappa shape index (κ1) is 15.3. The van der Waals surface area contributed by atoms with Crippen molar-refractivity contribution in [3.05, 3.63) is 76.9 Å². The van der Waals surface area contributed by atoms with E-state index in [0.717, 1.165) is 11.1 Å². The molecule has 3 aromatic rings. The minimum Gasteiger partial charge on any atom is -0.459 e. The molecule has 116 valence electrons. The maximum atomic E-state index is 11.8. The quantitative estimate of drug-likeness (QED) is 0.656. The molecule has 0 aliphatic heterocycles. The lowest BCUT2D eigenvalue weighted by Gasteiger charge is -2.02. The summed E-state index contributed by atoms with van der Waals surface area (Å²) in [6, 6.07) is 18.5. The molecule has 3 rings (SSSR count). The number of benzene rings is 2. The van der Waals surface area contributed by atoms with E-state index in [-0.39, 0.29) is 19.0 Å². The predicted molar refractivity (Wildman–Crippen MR) is 86.9 cm³/mol. The van der Waals surface area contributed by atoms with Gasteiger partial charge in [0.25, 0.3) is 0 Å². The molecule has 0 aliphatic rings. The first-order valence-corrected chi connectivity index (χ1v) is 7.49. The van der Waals surface area contributed by atoms with Gasteiger partial charge in [-0.15, -0.1) is 0 Å². The zero-order valence-corrected chi connectivity index (χ0v) is 13.0. The van der Waals surface area contributed by atoms with Crippen molar-refractivity contribution in [2.75, 3.05) is 0 Å². The van der Waals surface area contributed by atoms with Gasteiger partial charge in [-0.25, -0.2) is 0 Å². The first-order chi connectivity index (χ1) is 11.2. The zero-order valence-electron chi connectivity index (χ0n) is 12.2. The van der Waals surface area contributed by atoms with Crippen molar-refractivity contribution >= 4 is 17.6 Å². The van der Waals surface area contributed by atoms with Crippen molar-refractivity contribution in [1.82, 2.24) is 5.16 Å². The smallest absolute Gasteiger partial charge is 0.310 e. The van der Waals surface area contributed by atoms with Crippen molar-refractivity contribution < 1.29 is 14.1 Å². The number of hydrogen-bond donors (Lipinski definition) is 0. The summed E-state index contributed by atoms with van der Waals surface area (Å²) in [5.41, 5.74) is 2.36. The van der Waals surface area contributed by atoms with Crippen LogP contribution >= 0.6 is 11.6 Å². The van der Waals surface area contributed by atoms with Crippen LogP contribution in [0, 0.1) is 0 Å². The molecular formula is C18H14ClNO3. The van der Waals surface area contributed by atoms with Crippen LogP contribution in [0.4, 0.5) is 0 Å². The Morgan fingerprint density at radius 1 is 1.09 bits per heavy atom. The molecule has 4 nitrogen and oxygen atoms in total. The topological polar surface area (TPSA) is 52.3 Å². The average molecular weight is 328 g/mol. The molecule has 0 unspecified atom stereocenters. The largest absolute Gasteiger partial charge is 0.459 e. The lowest BCUT2D eigenvalue weighted by Crippen LogP contribution is -2.08. The predicted octanol–water partition coefficient (Wildman–Crippen LogP) is 4.28. The molecule has 23 heavy (non-hydrogen) atoms. The lowest BCUT2D eigenvalue weighted by molar-refractivity contribution is -0.144. The van der Waals surface area contributed by atoms with Gasteiger partial charge in [-0.05, 0) is 17.7 Å². The van der Waals surface area contributed by atoms with Crippen LogP contribution in [-0.4, -0.2) is 11.1 Å². The molecule has 0 spiro atoms. The fourth-order valence-electron chi connectivity index (χ4n) is 2.09. The summed E-state index contributed by atoms with van der Waals surface area (Å²) < 4.78 is 10.5. The maximum absolute atomic E-state index is 11.8. The van der Waals surface area contributed by atoms with E-state index in [2.05, 4.69) is 5.16 Å². The molecule has 0 N–H and O–H groups in total. The zero-order chi connectivity index (χ0) is 16.1. The number of nitrogens with zero attached hydrogens (tertiary/aromatic N) is 1. The molecule has 0 atom stereocenters. The van der Waals surface area contributed by atoms with E-state index >= 15 is 0 Å². The van der Waals surface area contributed by atoms with E-state index in [4.69, 9.17) is 20.9 Å². The third-order valence-electron chi connectivity index (χ3n) is 3.26. The Hall–Kier alpha value is -2.59. The molecule has 0 fully saturated rings. The minimum absolute atomic E-state index is 0.0861. The highest BCUT2D eigenvalue weighted by atomic mass is 35.5. The number of rotatable bonds is 5. The van der Waals surface area contributed by atoms with Gasteiger partial charge in [-0.3, -0.25) is 4.79 Å². The summed E-state index contributed by atoms with van der Waals surface area (Å²) >= 11 is 5.81. The van der Waals surface area contributed by atoms with E-state index in [1.165, 1.54) is 0 Å². The molecule has 2 aromatic carbocycles. The van der Waals surface area contributed by atoms with Crippen molar-refractivity contribution in [3.8, 4) is 11.3 Å². The molecule has 0 bridgehead atoms. The molecule has 0 saturated heterocycles. The lowest BCUT2D eigenvalue weighted by atomic mass is 10.1. The number of ether oxygens (including phenoxy) is 1. The highest BCUT2D eigenvalue weighted by Crippen LogP contribution is 2.20. The molecular weight excluding hydrogens is 314 g/mol. The Bertz CT molecular complexity index is 782. The van der Waals surface area contributed by atoms with Gasteiger partial charge in [-0.1, -0.05) is 59.2 Å². The second-order valence-electron chi connectivity index (χ2n) is 5.01. The highest BCUT2D eigenvalue weighted by Gasteiger charge is 2.10. The van der Waals surface area contributed by atoms with Gasteiger partial charge < -0.3 is 9.26 Å². The normalized spacial score (nSPS) is 10.5. The van der Waals surface area contributed by atoms with Crippen LogP contribution < -0.4 is 0 Å². The fourth-order valence-corrected chi connectivity index (χ4v) is 2.22. The van der Waals surface area contributed by atoms with Gasteiger partial charge >= 0.3 is 5.97 Å². The molecule has 1 heterocycles. The maximum Gasteiger partial charge on any atom is 0.310 e. The Balaban J connectivity index is 1.55. The summed E-state index contributed by atoms with van der Waals surface area (Å²) in [5.74, 6) is 0.325. The van der Waals surface area contributed by atoms with Crippen LogP contribution in [-0.2, 0) is 22.6 Å². The van der Waals surface area contributed by atoms with Crippen molar-refractivity contribution in [2.24, 2.45) is 0 Å². The summed E-state index contributed by atoms with van der Waals surface area (Å²) in [5, 5.41) is 4.55. The third kappa shape index (κ3) is 4.20. The van der Waals surface area contributed by atoms with Crippen LogP contribution in [0.1, 0.15) is 11.3 Å². The molecule has 1 aromatic heterocycles. The average Bonchev–Trinajstić information content (AvgIpc) is 3.05. The van der Waals surface area contributed by atoms with Crippen LogP contribution in [0.15, 0.2) is 65.2 Å². The molecule has 0 saturated carbocycles. The van der Waals surface area contributed by atoms with E-state index < -0.39 is 0 Å². The van der Waals surface area contributed by atoms with Gasteiger partial charge in [0.15, 0.2) is 5.76 Å². The number of carbonyl (C=O) groups is 1. The summed E-state index contributed by atoms with van der Waals surface area (Å²) in [6.07, 6.45) is 0.195. The van der Waals surface area contributed by atoms with E-state index in [0.29, 0.717) is 16.5 Å². The van der Waals surface area contributed by atoms with Gasteiger partial charge in [0, 0.05) is 16.7 Å². The number of hydrogen-bond acceptors (Lipinski definition) is 4. The Morgan fingerprint density at radius 3 is 2.57 bits per heavy atom. The van der Waals surface area contributed by atoms with E-state index in [1.807, 2.05) is 30.3 Å². The minimum atomic E-state index is -0.323. The van der Waals surface area contributed by atoms with Crippen LogP contribution in [0.5, 0.6) is 0 Å². The van der Waals surface area contributed by atoms with E-state index in [1.54, 1.807) is 30.3 Å². The number of carbonyl (C=O) groups excluding carboxylic acids is 1.